The number of hydrogen-bond donors (Lipinski definition) is 0. The van der Waals surface area contributed by atoms with Crippen molar-refractivity contribution in [3.05, 3.63) is 0 Å². The van der Waals surface area contributed by atoms with E-state index in [9.17, 15) is 4.79 Å². The standard InChI is InChI=1S/C12H24O3Si/c1-11(2,3)16(5,6)15-9-12(7-8-12)10(13)14-4/h7-9H2,1-6H3. The highest BCUT2D eigenvalue weighted by Crippen LogP contribution is 2.48. The molecular formula is C12H24O3Si. The quantitative estimate of drug-likeness (QED) is 0.563. The van der Waals surface area contributed by atoms with Crippen molar-refractivity contribution in [3.8, 4) is 0 Å². The van der Waals surface area contributed by atoms with Gasteiger partial charge in [-0.25, -0.2) is 0 Å². The van der Waals surface area contributed by atoms with Crippen LogP contribution < -0.4 is 0 Å². The summed E-state index contributed by atoms with van der Waals surface area (Å²) >= 11 is 0. The highest BCUT2D eigenvalue weighted by atomic mass is 28.4. The molecule has 4 heteroatoms. The smallest absolute Gasteiger partial charge is 0.314 e. The van der Waals surface area contributed by atoms with Gasteiger partial charge in [-0.05, 0) is 31.0 Å². The summed E-state index contributed by atoms with van der Waals surface area (Å²) in [6.07, 6.45) is 1.82. The maximum absolute atomic E-state index is 11.6. The molecule has 1 fully saturated rings. The van der Waals surface area contributed by atoms with Crippen molar-refractivity contribution in [2.24, 2.45) is 5.41 Å². The van der Waals surface area contributed by atoms with Crippen LogP contribution in [0.2, 0.25) is 18.1 Å². The Balaban J connectivity index is 2.56. The summed E-state index contributed by atoms with van der Waals surface area (Å²) in [4.78, 5) is 11.6. The molecule has 0 bridgehead atoms. The van der Waals surface area contributed by atoms with Crippen LogP contribution in [0.1, 0.15) is 33.6 Å². The first kappa shape index (κ1) is 13.7. The zero-order valence-corrected chi connectivity index (χ0v) is 12.3. The van der Waals surface area contributed by atoms with E-state index in [0.29, 0.717) is 6.61 Å². The zero-order chi connectivity index (χ0) is 12.6. The van der Waals surface area contributed by atoms with Crippen LogP contribution in [0.5, 0.6) is 0 Å². The lowest BCUT2D eigenvalue weighted by Crippen LogP contribution is -2.43. The third kappa shape index (κ3) is 2.66. The Morgan fingerprint density at radius 3 is 2.12 bits per heavy atom. The Hall–Kier alpha value is -0.353. The molecule has 0 aromatic carbocycles. The maximum atomic E-state index is 11.6. The molecule has 0 radical (unpaired) electrons. The Bertz CT molecular complexity index is 274. The van der Waals surface area contributed by atoms with Gasteiger partial charge in [0.25, 0.3) is 0 Å². The average Bonchev–Trinajstić information content (AvgIpc) is 2.93. The number of ether oxygens (including phenoxy) is 1. The van der Waals surface area contributed by atoms with E-state index < -0.39 is 8.32 Å². The predicted octanol–water partition coefficient (Wildman–Crippen LogP) is 2.96. The second-order valence-corrected chi connectivity index (χ2v) is 11.1. The largest absolute Gasteiger partial charge is 0.469 e. The van der Waals surface area contributed by atoms with E-state index in [1.54, 1.807) is 0 Å². The molecule has 1 rings (SSSR count). The molecule has 0 spiro atoms. The minimum atomic E-state index is -1.74. The SMILES string of the molecule is COC(=O)C1(CO[Si](C)(C)C(C)(C)C)CC1. The lowest BCUT2D eigenvalue weighted by molar-refractivity contribution is -0.148. The van der Waals surface area contributed by atoms with Crippen LogP contribution in [0.4, 0.5) is 0 Å². The van der Waals surface area contributed by atoms with Crippen LogP contribution in [-0.4, -0.2) is 28.0 Å². The van der Waals surface area contributed by atoms with Crippen molar-refractivity contribution >= 4 is 14.3 Å². The third-order valence-corrected chi connectivity index (χ3v) is 8.47. The molecule has 0 aliphatic heterocycles. The number of rotatable bonds is 4. The molecule has 0 saturated heterocycles. The molecule has 0 atom stereocenters. The molecule has 3 nitrogen and oxygen atoms in total. The van der Waals surface area contributed by atoms with Gasteiger partial charge in [0.15, 0.2) is 8.32 Å². The first-order valence-electron chi connectivity index (χ1n) is 5.87. The highest BCUT2D eigenvalue weighted by Gasteiger charge is 2.53. The molecule has 0 N–H and O–H groups in total. The van der Waals surface area contributed by atoms with Gasteiger partial charge in [0, 0.05) is 0 Å². The topological polar surface area (TPSA) is 35.5 Å². The number of methoxy groups -OCH3 is 1. The van der Waals surface area contributed by atoms with Gasteiger partial charge in [0.05, 0.1) is 19.1 Å². The molecule has 1 aliphatic carbocycles. The summed E-state index contributed by atoms with van der Waals surface area (Å²) in [5.41, 5.74) is -0.315. The van der Waals surface area contributed by atoms with E-state index in [1.807, 2.05) is 0 Å². The molecule has 0 aromatic rings. The van der Waals surface area contributed by atoms with Gasteiger partial charge < -0.3 is 9.16 Å². The summed E-state index contributed by atoms with van der Waals surface area (Å²) in [6.45, 7) is 11.6. The van der Waals surface area contributed by atoms with E-state index in [0.717, 1.165) is 12.8 Å². The average molecular weight is 244 g/mol. The summed E-state index contributed by atoms with van der Waals surface area (Å²) < 4.78 is 10.9. The third-order valence-electron chi connectivity index (χ3n) is 3.99. The van der Waals surface area contributed by atoms with Gasteiger partial charge in [-0.15, -0.1) is 0 Å². The van der Waals surface area contributed by atoms with Crippen molar-refractivity contribution in [1.82, 2.24) is 0 Å². The number of carbonyl (C=O) groups excluding carboxylic acids is 1. The van der Waals surface area contributed by atoms with Gasteiger partial charge in [0.1, 0.15) is 0 Å². The van der Waals surface area contributed by atoms with Crippen LogP contribution in [-0.2, 0) is 14.0 Å². The molecule has 1 saturated carbocycles. The van der Waals surface area contributed by atoms with Crippen LogP contribution >= 0.6 is 0 Å². The summed E-state index contributed by atoms with van der Waals surface area (Å²) in [5, 5.41) is 0.194. The van der Waals surface area contributed by atoms with Crippen molar-refractivity contribution in [3.63, 3.8) is 0 Å². The minimum Gasteiger partial charge on any atom is -0.469 e. The van der Waals surface area contributed by atoms with Crippen molar-refractivity contribution in [2.75, 3.05) is 13.7 Å². The lowest BCUT2D eigenvalue weighted by Gasteiger charge is -2.37. The number of carbonyl (C=O) groups is 1. The molecule has 0 unspecified atom stereocenters. The second-order valence-electron chi connectivity index (χ2n) is 6.32. The van der Waals surface area contributed by atoms with E-state index >= 15 is 0 Å². The van der Waals surface area contributed by atoms with Crippen LogP contribution in [0, 0.1) is 5.41 Å². The fourth-order valence-corrected chi connectivity index (χ4v) is 2.38. The number of esters is 1. The summed E-state index contributed by atoms with van der Waals surface area (Å²) in [5.74, 6) is -0.105. The first-order chi connectivity index (χ1) is 7.15. The fourth-order valence-electron chi connectivity index (χ4n) is 1.31. The fraction of sp³-hybridized carbons (Fsp3) is 0.917. The van der Waals surface area contributed by atoms with E-state index in [1.165, 1.54) is 7.11 Å². The Morgan fingerprint density at radius 1 is 1.31 bits per heavy atom. The monoisotopic (exact) mass is 244 g/mol. The maximum Gasteiger partial charge on any atom is 0.314 e. The van der Waals surface area contributed by atoms with Crippen LogP contribution in [0.3, 0.4) is 0 Å². The Morgan fingerprint density at radius 2 is 1.81 bits per heavy atom. The molecule has 0 aromatic heterocycles. The van der Waals surface area contributed by atoms with Crippen molar-refractivity contribution in [1.29, 1.82) is 0 Å². The molecule has 0 amide bonds. The van der Waals surface area contributed by atoms with Gasteiger partial charge in [0.2, 0.25) is 0 Å². The summed E-state index contributed by atoms with van der Waals surface area (Å²) in [6, 6.07) is 0. The zero-order valence-electron chi connectivity index (χ0n) is 11.3. The van der Waals surface area contributed by atoms with Gasteiger partial charge in [-0.2, -0.15) is 0 Å². The normalized spacial score (nSPS) is 19.4. The minimum absolute atomic E-state index is 0.105. The lowest BCUT2D eigenvalue weighted by atomic mass is 10.1. The van der Waals surface area contributed by atoms with Crippen LogP contribution in [0.25, 0.3) is 0 Å². The van der Waals surface area contributed by atoms with E-state index in [4.69, 9.17) is 9.16 Å². The highest BCUT2D eigenvalue weighted by molar-refractivity contribution is 6.74. The van der Waals surface area contributed by atoms with Gasteiger partial charge in [-0.1, -0.05) is 20.8 Å². The summed E-state index contributed by atoms with van der Waals surface area (Å²) in [7, 11) is -0.288. The molecule has 16 heavy (non-hydrogen) atoms. The van der Waals surface area contributed by atoms with Crippen molar-refractivity contribution < 1.29 is 14.0 Å². The van der Waals surface area contributed by atoms with E-state index in [-0.39, 0.29) is 16.4 Å². The van der Waals surface area contributed by atoms with Gasteiger partial charge >= 0.3 is 5.97 Å². The van der Waals surface area contributed by atoms with Crippen LogP contribution in [0.15, 0.2) is 0 Å². The van der Waals surface area contributed by atoms with Crippen molar-refractivity contribution in [2.45, 2.75) is 51.7 Å². The second kappa shape index (κ2) is 4.15. The molecular weight excluding hydrogens is 220 g/mol. The molecule has 94 valence electrons. The predicted molar refractivity (Wildman–Crippen MR) is 66.8 cm³/mol. The Kier molecular flexibility index (Phi) is 3.55. The molecule has 0 heterocycles. The van der Waals surface area contributed by atoms with Gasteiger partial charge in [-0.3, -0.25) is 4.79 Å². The number of hydrogen-bond acceptors (Lipinski definition) is 3. The molecule has 1 aliphatic rings. The van der Waals surface area contributed by atoms with E-state index in [2.05, 4.69) is 33.9 Å². The first-order valence-corrected chi connectivity index (χ1v) is 8.78. The Labute approximate surface area is 99.6 Å².